The van der Waals surface area contributed by atoms with Crippen LogP contribution >= 0.6 is 0 Å². The van der Waals surface area contributed by atoms with Crippen molar-refractivity contribution < 1.29 is 4.79 Å². The van der Waals surface area contributed by atoms with Crippen molar-refractivity contribution in [3.63, 3.8) is 0 Å². The van der Waals surface area contributed by atoms with Crippen molar-refractivity contribution >= 4 is 11.6 Å². The Kier molecular flexibility index (Phi) is 3.57. The third-order valence-electron chi connectivity index (χ3n) is 3.49. The van der Waals surface area contributed by atoms with E-state index >= 15 is 0 Å². The van der Waals surface area contributed by atoms with Gasteiger partial charge in [-0.25, -0.2) is 0 Å². The molecule has 0 aromatic heterocycles. The number of carbonyl (C=O) groups excluding carboxylic acids is 1. The molecule has 0 bridgehead atoms. The minimum absolute atomic E-state index is 0.00898. The van der Waals surface area contributed by atoms with Crippen molar-refractivity contribution in [2.45, 2.75) is 39.4 Å². The van der Waals surface area contributed by atoms with E-state index in [-0.39, 0.29) is 18.1 Å². The van der Waals surface area contributed by atoms with Gasteiger partial charge < -0.3 is 16.0 Å². The lowest BCUT2D eigenvalue weighted by atomic mass is 9.92. The molecule has 3 rings (SSSR count). The fraction of sp³-hybridized carbons (Fsp3) is 0.500. The summed E-state index contributed by atoms with van der Waals surface area (Å²) < 4.78 is 0. The third-order valence-corrected chi connectivity index (χ3v) is 3.49. The Hall–Kier alpha value is -1.55. The summed E-state index contributed by atoms with van der Waals surface area (Å²) in [7, 11) is 0. The first kappa shape index (κ1) is 12.9. The van der Waals surface area contributed by atoms with Crippen LogP contribution in [0.2, 0.25) is 0 Å². The topological polar surface area (TPSA) is 58.4 Å². The number of carbonyl (C=O) groups is 1. The van der Waals surface area contributed by atoms with E-state index in [1.165, 1.54) is 0 Å². The lowest BCUT2D eigenvalue weighted by molar-refractivity contribution is 0.0929. The highest BCUT2D eigenvalue weighted by Crippen LogP contribution is 2.38. The molecule has 2 heterocycles. The first-order valence-electron chi connectivity index (χ1n) is 6.64. The number of hydrogen-bond donors (Lipinski definition) is 2. The van der Waals surface area contributed by atoms with Gasteiger partial charge in [0.1, 0.15) is 0 Å². The average molecular weight is 247 g/mol. The van der Waals surface area contributed by atoms with Crippen LogP contribution in [0.15, 0.2) is 18.2 Å². The van der Waals surface area contributed by atoms with E-state index in [0.717, 1.165) is 29.8 Å². The van der Waals surface area contributed by atoms with Crippen molar-refractivity contribution in [2.24, 2.45) is 5.73 Å². The number of rotatable bonds is 0. The normalized spacial score (nSPS) is 24.7. The van der Waals surface area contributed by atoms with Crippen LogP contribution < -0.4 is 16.0 Å². The third kappa shape index (κ3) is 1.86. The van der Waals surface area contributed by atoms with Crippen molar-refractivity contribution in [1.29, 1.82) is 0 Å². The zero-order valence-electron chi connectivity index (χ0n) is 11.2. The van der Waals surface area contributed by atoms with Gasteiger partial charge in [-0.05, 0) is 25.0 Å². The Labute approximate surface area is 108 Å². The molecule has 3 N–H and O–H groups in total. The monoisotopic (exact) mass is 247 g/mol. The molecule has 2 aliphatic rings. The van der Waals surface area contributed by atoms with E-state index in [1.54, 1.807) is 0 Å². The number of nitrogens with one attached hydrogen (secondary N) is 1. The number of para-hydroxylation sites is 1. The standard InChI is InChI=1S/C12H15N3O.C2H6/c1-7-14-12(16)9-4-2-3-8-10(13)5-6-15(7)11(8)9;1-2/h2-4,7,10H,5-6,13H2,1H3,(H,14,16);1-2H3/t7-,10?;/m1./s1. The Morgan fingerprint density at radius 3 is 2.83 bits per heavy atom. The highest BCUT2D eigenvalue weighted by molar-refractivity contribution is 6.03. The minimum Gasteiger partial charge on any atom is -0.351 e. The van der Waals surface area contributed by atoms with E-state index in [1.807, 2.05) is 39.0 Å². The van der Waals surface area contributed by atoms with Gasteiger partial charge >= 0.3 is 0 Å². The van der Waals surface area contributed by atoms with E-state index in [9.17, 15) is 4.79 Å². The molecule has 98 valence electrons. The maximum atomic E-state index is 11.9. The fourth-order valence-corrected chi connectivity index (χ4v) is 2.64. The molecule has 18 heavy (non-hydrogen) atoms. The summed E-state index contributed by atoms with van der Waals surface area (Å²) in [4.78, 5) is 14.1. The number of nitrogens with zero attached hydrogens (tertiary/aromatic N) is 1. The number of nitrogens with two attached hydrogens (primary N) is 1. The predicted molar refractivity (Wildman–Crippen MR) is 73.6 cm³/mol. The smallest absolute Gasteiger partial charge is 0.254 e. The van der Waals surface area contributed by atoms with Crippen LogP contribution in [0.4, 0.5) is 5.69 Å². The molecule has 1 amide bonds. The van der Waals surface area contributed by atoms with Crippen LogP contribution in [-0.4, -0.2) is 18.6 Å². The zero-order valence-corrected chi connectivity index (χ0v) is 11.2. The Morgan fingerprint density at radius 1 is 1.39 bits per heavy atom. The first-order chi connectivity index (χ1) is 8.68. The number of anilines is 1. The van der Waals surface area contributed by atoms with Gasteiger partial charge in [-0.3, -0.25) is 4.79 Å². The second-order valence-corrected chi connectivity index (χ2v) is 4.48. The lowest BCUT2D eigenvalue weighted by Gasteiger charge is -2.42. The van der Waals surface area contributed by atoms with E-state index in [0.29, 0.717) is 0 Å². The summed E-state index contributed by atoms with van der Waals surface area (Å²) in [6.07, 6.45) is 1.00. The van der Waals surface area contributed by atoms with Crippen LogP contribution in [0.25, 0.3) is 0 Å². The maximum Gasteiger partial charge on any atom is 0.254 e. The molecule has 0 spiro atoms. The molecular formula is C14H21N3O. The molecule has 1 aromatic rings. The van der Waals surface area contributed by atoms with Gasteiger partial charge in [0.25, 0.3) is 5.91 Å². The highest BCUT2D eigenvalue weighted by Gasteiger charge is 2.34. The molecule has 2 aliphatic heterocycles. The second-order valence-electron chi connectivity index (χ2n) is 4.48. The molecule has 1 aromatic carbocycles. The predicted octanol–water partition coefficient (Wildman–Crippen LogP) is 2.01. The maximum absolute atomic E-state index is 11.9. The molecule has 0 saturated heterocycles. The van der Waals surface area contributed by atoms with E-state index in [4.69, 9.17) is 5.73 Å². The van der Waals surface area contributed by atoms with Crippen molar-refractivity contribution in [3.05, 3.63) is 29.3 Å². The van der Waals surface area contributed by atoms with E-state index in [2.05, 4.69) is 10.2 Å². The molecule has 0 aliphatic carbocycles. The van der Waals surface area contributed by atoms with Crippen molar-refractivity contribution in [2.75, 3.05) is 11.4 Å². The van der Waals surface area contributed by atoms with Crippen LogP contribution in [0.5, 0.6) is 0 Å². The summed E-state index contributed by atoms with van der Waals surface area (Å²) in [5.74, 6) is 0.00898. The van der Waals surface area contributed by atoms with Gasteiger partial charge in [0.2, 0.25) is 0 Å². The van der Waals surface area contributed by atoms with Crippen LogP contribution in [0.3, 0.4) is 0 Å². The number of hydrogen-bond acceptors (Lipinski definition) is 3. The quantitative estimate of drug-likeness (QED) is 0.737. The second kappa shape index (κ2) is 4.98. The van der Waals surface area contributed by atoms with Crippen molar-refractivity contribution in [1.82, 2.24) is 5.32 Å². The van der Waals surface area contributed by atoms with Crippen LogP contribution in [-0.2, 0) is 0 Å². The summed E-state index contributed by atoms with van der Waals surface area (Å²) in [6, 6.07) is 5.86. The van der Waals surface area contributed by atoms with Crippen LogP contribution in [0, 0.1) is 0 Å². The van der Waals surface area contributed by atoms with Gasteiger partial charge in [0.15, 0.2) is 0 Å². The van der Waals surface area contributed by atoms with Gasteiger partial charge in [-0.1, -0.05) is 26.0 Å². The Bertz CT molecular complexity index is 458. The van der Waals surface area contributed by atoms with Crippen LogP contribution in [0.1, 0.15) is 49.2 Å². The van der Waals surface area contributed by atoms with Gasteiger partial charge in [0.05, 0.1) is 17.4 Å². The SMILES string of the molecule is CC.C[C@@H]1NC(=O)c2cccc3c2N1CCC3N. The molecule has 0 fully saturated rings. The van der Waals surface area contributed by atoms with E-state index < -0.39 is 0 Å². The van der Waals surface area contributed by atoms with Crippen molar-refractivity contribution in [3.8, 4) is 0 Å². The fourth-order valence-electron chi connectivity index (χ4n) is 2.64. The first-order valence-corrected chi connectivity index (χ1v) is 6.64. The van der Waals surface area contributed by atoms with Gasteiger partial charge in [0, 0.05) is 12.6 Å². The molecule has 0 radical (unpaired) electrons. The summed E-state index contributed by atoms with van der Waals surface area (Å²) >= 11 is 0. The molecule has 0 saturated carbocycles. The molecule has 2 atom stereocenters. The highest BCUT2D eigenvalue weighted by atomic mass is 16.2. The molecule has 4 heteroatoms. The largest absolute Gasteiger partial charge is 0.351 e. The summed E-state index contributed by atoms with van der Waals surface area (Å²) in [5, 5.41) is 2.96. The van der Waals surface area contributed by atoms with Gasteiger partial charge in [-0.15, -0.1) is 0 Å². The lowest BCUT2D eigenvalue weighted by Crippen LogP contribution is -2.53. The molecular weight excluding hydrogens is 226 g/mol. The van der Waals surface area contributed by atoms with Gasteiger partial charge in [-0.2, -0.15) is 0 Å². The number of amides is 1. The number of benzene rings is 1. The molecule has 4 nitrogen and oxygen atoms in total. The summed E-state index contributed by atoms with van der Waals surface area (Å²) in [6.45, 7) is 6.92. The Morgan fingerprint density at radius 2 is 2.11 bits per heavy atom. The summed E-state index contributed by atoms with van der Waals surface area (Å²) in [5.41, 5.74) is 8.99. The molecule has 1 unspecified atom stereocenters. The Balaban J connectivity index is 0.000000574. The zero-order chi connectivity index (χ0) is 13.3. The average Bonchev–Trinajstić information content (AvgIpc) is 2.40. The minimum atomic E-state index is 0.00898.